The van der Waals surface area contributed by atoms with Crippen molar-refractivity contribution in [3.63, 3.8) is 0 Å². The number of hydrogen-bond acceptors (Lipinski definition) is 4. The van der Waals surface area contributed by atoms with Crippen LogP contribution in [0.2, 0.25) is 0 Å². The first-order chi connectivity index (χ1) is 9.47. The maximum Gasteiger partial charge on any atom is 0.315 e. The Kier molecular flexibility index (Phi) is 2.63. The van der Waals surface area contributed by atoms with Crippen LogP contribution in [0.4, 0.5) is 24.7 Å². The second-order valence-electron chi connectivity index (χ2n) is 4.18. The van der Waals surface area contributed by atoms with E-state index in [1.54, 1.807) is 0 Å². The van der Waals surface area contributed by atoms with Crippen LogP contribution in [0.1, 0.15) is 5.56 Å². The monoisotopic (exact) mass is 279 g/mol. The lowest BCUT2D eigenvalue weighted by molar-refractivity contribution is 0.0834. The van der Waals surface area contributed by atoms with Gasteiger partial charge in [-0.25, -0.2) is 14.4 Å². The van der Waals surface area contributed by atoms with E-state index in [2.05, 4.69) is 9.98 Å². The van der Waals surface area contributed by atoms with E-state index < -0.39 is 17.3 Å². The molecule has 0 spiro atoms. The normalized spacial score (nSPS) is 15.2. The molecule has 1 aliphatic rings. The second kappa shape index (κ2) is 4.22. The largest absolute Gasteiger partial charge is 0.454 e. The summed E-state index contributed by atoms with van der Waals surface area (Å²) in [6.07, 6.45) is 1.75. The fraction of sp³-hybridized carbons (Fsp3) is 0.0769. The summed E-state index contributed by atoms with van der Waals surface area (Å²) in [5, 5.41) is 0. The first-order valence-electron chi connectivity index (χ1n) is 5.63. The van der Waals surface area contributed by atoms with E-state index in [-0.39, 0.29) is 23.0 Å². The van der Waals surface area contributed by atoms with Crippen LogP contribution < -0.4 is 10.5 Å². The van der Waals surface area contributed by atoms with Gasteiger partial charge in [0.1, 0.15) is 11.3 Å². The zero-order valence-electron chi connectivity index (χ0n) is 9.98. The Balaban J connectivity index is 2.03. The van der Waals surface area contributed by atoms with Gasteiger partial charge in [0.15, 0.2) is 17.4 Å². The van der Waals surface area contributed by atoms with E-state index in [4.69, 9.17) is 10.5 Å². The minimum atomic E-state index is -3.29. The Bertz CT molecular complexity index is 716. The molecule has 20 heavy (non-hydrogen) atoms. The Morgan fingerprint density at radius 2 is 1.95 bits per heavy atom. The van der Waals surface area contributed by atoms with E-state index in [1.165, 1.54) is 24.4 Å². The predicted molar refractivity (Wildman–Crippen MR) is 67.2 cm³/mol. The first kappa shape index (κ1) is 12.5. The van der Waals surface area contributed by atoms with Gasteiger partial charge in [-0.05, 0) is 18.2 Å². The van der Waals surface area contributed by atoms with Crippen molar-refractivity contribution in [1.29, 1.82) is 0 Å². The molecule has 2 N–H and O–H groups in total. The Morgan fingerprint density at radius 1 is 1.15 bits per heavy atom. The van der Waals surface area contributed by atoms with Crippen LogP contribution in [0.5, 0.6) is 11.5 Å². The number of hydrogen-bond donors (Lipinski definition) is 1. The molecular formula is C13H8F3N3O. The van der Waals surface area contributed by atoms with Gasteiger partial charge in [0, 0.05) is 18.0 Å². The van der Waals surface area contributed by atoms with Gasteiger partial charge in [-0.15, -0.1) is 0 Å². The predicted octanol–water partition coefficient (Wildman–Crippen LogP) is 3.40. The molecule has 0 saturated heterocycles. The summed E-state index contributed by atoms with van der Waals surface area (Å²) in [6, 6.07) is 4.96. The average Bonchev–Trinajstić information content (AvgIpc) is 2.70. The number of ether oxygens (including phenoxy) is 1. The van der Waals surface area contributed by atoms with Crippen LogP contribution in [0.25, 0.3) is 0 Å². The van der Waals surface area contributed by atoms with Crippen LogP contribution >= 0.6 is 0 Å². The van der Waals surface area contributed by atoms with Crippen molar-refractivity contribution < 1.29 is 17.9 Å². The third-order valence-corrected chi connectivity index (χ3v) is 2.75. The van der Waals surface area contributed by atoms with Crippen molar-refractivity contribution in [2.24, 2.45) is 4.99 Å². The van der Waals surface area contributed by atoms with Crippen LogP contribution in [-0.4, -0.2) is 11.2 Å². The highest BCUT2D eigenvalue weighted by Gasteiger charge is 2.41. The summed E-state index contributed by atoms with van der Waals surface area (Å²) in [7, 11) is 0. The van der Waals surface area contributed by atoms with Gasteiger partial charge in [0.2, 0.25) is 0 Å². The minimum Gasteiger partial charge on any atom is -0.454 e. The number of rotatable bonds is 2. The van der Waals surface area contributed by atoms with Crippen molar-refractivity contribution >= 4 is 17.7 Å². The lowest BCUT2D eigenvalue weighted by Gasteiger charge is -2.14. The molecule has 0 saturated carbocycles. The zero-order chi connectivity index (χ0) is 14.3. The molecule has 0 radical (unpaired) electrons. The fourth-order valence-corrected chi connectivity index (χ4v) is 1.85. The van der Waals surface area contributed by atoms with E-state index in [0.717, 1.165) is 6.07 Å². The number of aliphatic imine (C=N–C) groups is 1. The summed E-state index contributed by atoms with van der Waals surface area (Å²) in [4.78, 5) is 7.23. The van der Waals surface area contributed by atoms with Gasteiger partial charge in [0.05, 0.1) is 6.21 Å². The molecule has 2 heterocycles. The number of alkyl halides is 2. The van der Waals surface area contributed by atoms with Crippen LogP contribution in [-0.2, 0) is 5.92 Å². The zero-order valence-corrected chi connectivity index (χ0v) is 9.98. The van der Waals surface area contributed by atoms with Crippen molar-refractivity contribution in [2.45, 2.75) is 5.92 Å². The molecular weight excluding hydrogens is 271 g/mol. The molecule has 102 valence electrons. The molecule has 7 heteroatoms. The van der Waals surface area contributed by atoms with Crippen molar-refractivity contribution in [3.8, 4) is 11.5 Å². The number of nitrogens with zero attached hydrogens (tertiary/aromatic N) is 2. The molecule has 0 atom stereocenters. The van der Waals surface area contributed by atoms with E-state index in [0.29, 0.717) is 6.21 Å². The second-order valence-corrected chi connectivity index (χ2v) is 4.18. The third kappa shape index (κ3) is 1.97. The number of nitrogen functional groups attached to an aromatic ring is 1. The highest BCUT2D eigenvalue weighted by atomic mass is 19.3. The van der Waals surface area contributed by atoms with Crippen LogP contribution in [0.15, 0.2) is 35.5 Å². The Hall–Kier alpha value is -2.57. The lowest BCUT2D eigenvalue weighted by atomic mass is 10.1. The molecule has 0 bridgehead atoms. The molecule has 4 nitrogen and oxygen atoms in total. The maximum atomic E-state index is 13.7. The molecule has 0 fully saturated rings. The van der Waals surface area contributed by atoms with Crippen LogP contribution in [0.3, 0.4) is 0 Å². The Labute approximate surface area is 111 Å². The van der Waals surface area contributed by atoms with E-state index >= 15 is 0 Å². The highest BCUT2D eigenvalue weighted by molar-refractivity contribution is 5.82. The smallest absolute Gasteiger partial charge is 0.315 e. The average molecular weight is 279 g/mol. The molecule has 0 aliphatic carbocycles. The fourth-order valence-electron chi connectivity index (χ4n) is 1.85. The van der Waals surface area contributed by atoms with Gasteiger partial charge in [-0.2, -0.15) is 8.78 Å². The topological polar surface area (TPSA) is 60.5 Å². The van der Waals surface area contributed by atoms with Crippen molar-refractivity contribution in [1.82, 2.24) is 4.98 Å². The van der Waals surface area contributed by atoms with E-state index in [1.807, 2.05) is 0 Å². The number of anilines is 1. The van der Waals surface area contributed by atoms with Gasteiger partial charge in [-0.1, -0.05) is 0 Å². The molecule has 0 amide bonds. The van der Waals surface area contributed by atoms with Gasteiger partial charge >= 0.3 is 5.92 Å². The van der Waals surface area contributed by atoms with Crippen LogP contribution in [0, 0.1) is 5.82 Å². The Morgan fingerprint density at radius 3 is 2.70 bits per heavy atom. The number of halogens is 3. The summed E-state index contributed by atoms with van der Waals surface area (Å²) in [5.41, 5.74) is 5.14. The molecule has 0 unspecified atom stereocenters. The number of fused-ring (bicyclic) bond motifs is 1. The number of benzene rings is 1. The summed E-state index contributed by atoms with van der Waals surface area (Å²) in [6.45, 7) is 0. The summed E-state index contributed by atoms with van der Waals surface area (Å²) in [5.74, 6) is -4.55. The quantitative estimate of drug-likeness (QED) is 0.857. The summed E-state index contributed by atoms with van der Waals surface area (Å²) >= 11 is 0. The van der Waals surface area contributed by atoms with Gasteiger partial charge in [-0.3, -0.25) is 0 Å². The molecule has 1 aromatic carbocycles. The minimum absolute atomic E-state index is 0.136. The maximum absolute atomic E-state index is 13.7. The number of pyridine rings is 1. The lowest BCUT2D eigenvalue weighted by Crippen LogP contribution is -2.12. The highest BCUT2D eigenvalue weighted by Crippen LogP contribution is 2.44. The SMILES string of the molecule is Nc1ccc(Oc2ccnc3c2C(F)(F)C=N3)c(F)c1. The number of nitrogens with two attached hydrogens (primary N) is 1. The van der Waals surface area contributed by atoms with Gasteiger partial charge in [0.25, 0.3) is 0 Å². The third-order valence-electron chi connectivity index (χ3n) is 2.75. The molecule has 2 aromatic rings. The number of aromatic nitrogens is 1. The molecule has 1 aliphatic heterocycles. The van der Waals surface area contributed by atoms with Crippen molar-refractivity contribution in [2.75, 3.05) is 5.73 Å². The molecule has 1 aromatic heterocycles. The van der Waals surface area contributed by atoms with Gasteiger partial charge < -0.3 is 10.5 Å². The van der Waals surface area contributed by atoms with E-state index in [9.17, 15) is 13.2 Å². The standard InChI is InChI=1S/C13H8F3N3O/c14-8-5-7(17)1-2-9(8)20-10-3-4-18-12-11(10)13(15,16)6-19-12/h1-6H,17H2. The van der Waals surface area contributed by atoms with Crippen molar-refractivity contribution in [3.05, 3.63) is 41.8 Å². The first-order valence-corrected chi connectivity index (χ1v) is 5.63. The molecule has 3 rings (SSSR count). The summed E-state index contributed by atoms with van der Waals surface area (Å²) < 4.78 is 46.2.